The highest BCUT2D eigenvalue weighted by atomic mass is 16.7. The summed E-state index contributed by atoms with van der Waals surface area (Å²) < 4.78 is 0. The van der Waals surface area contributed by atoms with E-state index in [0.29, 0.717) is 24.7 Å². The van der Waals surface area contributed by atoms with Crippen molar-refractivity contribution in [2.24, 2.45) is 11.8 Å². The summed E-state index contributed by atoms with van der Waals surface area (Å²) in [5, 5.41) is 3.45. The molecule has 2 aliphatic heterocycles. The van der Waals surface area contributed by atoms with Gasteiger partial charge >= 0.3 is 11.9 Å². The van der Waals surface area contributed by atoms with E-state index in [1.54, 1.807) is 10.1 Å². The number of hydrogen-bond acceptors (Lipinski definition) is 6. The smallest absolute Gasteiger partial charge is 0.325 e. The molecule has 0 aliphatic carbocycles. The Morgan fingerprint density at radius 3 is 1.33 bits per heavy atom. The summed E-state index contributed by atoms with van der Waals surface area (Å²) in [5.74, 6) is 0.727. The molecule has 0 aromatic carbocycles. The summed E-state index contributed by atoms with van der Waals surface area (Å²) in [6.07, 6.45) is 5.47. The predicted octanol–water partition coefficient (Wildman–Crippen LogP) is 3.17. The predicted molar refractivity (Wildman–Crippen MR) is 92.7 cm³/mol. The Morgan fingerprint density at radius 2 is 1.12 bits per heavy atom. The topological polar surface area (TPSA) is 59.1 Å². The van der Waals surface area contributed by atoms with Gasteiger partial charge in [0.05, 0.1) is 0 Å². The van der Waals surface area contributed by atoms with Gasteiger partial charge in [0.25, 0.3) is 0 Å². The molecule has 2 saturated heterocycles. The van der Waals surface area contributed by atoms with E-state index in [0.717, 1.165) is 51.9 Å². The summed E-state index contributed by atoms with van der Waals surface area (Å²) in [7, 11) is 0. The van der Waals surface area contributed by atoms with Gasteiger partial charge in [-0.15, -0.1) is 10.1 Å². The van der Waals surface area contributed by atoms with Crippen LogP contribution in [-0.2, 0) is 19.3 Å². The Hall–Kier alpha value is -1.14. The molecule has 0 bridgehead atoms. The second kappa shape index (κ2) is 11.4. The van der Waals surface area contributed by atoms with E-state index < -0.39 is 0 Å². The molecular weight excluding hydrogens is 308 g/mol. The van der Waals surface area contributed by atoms with Gasteiger partial charge in [-0.3, -0.25) is 9.59 Å². The zero-order valence-corrected chi connectivity index (χ0v) is 15.8. The van der Waals surface area contributed by atoms with Gasteiger partial charge in [-0.25, -0.2) is 0 Å². The fraction of sp³-hybridized carbons (Fsp3) is 0.889. The molecule has 0 radical (unpaired) electrons. The molecule has 0 spiro atoms. The van der Waals surface area contributed by atoms with Gasteiger partial charge in [0.15, 0.2) is 0 Å². The molecule has 0 aromatic heterocycles. The van der Waals surface area contributed by atoms with Crippen LogP contribution < -0.4 is 0 Å². The van der Waals surface area contributed by atoms with Crippen molar-refractivity contribution in [2.75, 3.05) is 26.2 Å². The van der Waals surface area contributed by atoms with E-state index in [-0.39, 0.29) is 11.9 Å². The molecule has 1 unspecified atom stereocenters. The van der Waals surface area contributed by atoms with Crippen LogP contribution in [0.25, 0.3) is 0 Å². The lowest BCUT2D eigenvalue weighted by atomic mass is 10.1. The number of nitrogens with zero attached hydrogens (tertiary/aromatic N) is 2. The first-order chi connectivity index (χ1) is 11.4. The van der Waals surface area contributed by atoms with E-state index in [4.69, 9.17) is 9.68 Å². The Kier molecular flexibility index (Phi) is 9.95. The van der Waals surface area contributed by atoms with Gasteiger partial charge in [-0.05, 0) is 24.7 Å². The van der Waals surface area contributed by atoms with Crippen LogP contribution in [-0.4, -0.2) is 48.2 Å². The van der Waals surface area contributed by atoms with E-state index in [1.165, 1.54) is 0 Å². The molecule has 2 rings (SSSR count). The Bertz CT molecular complexity index is 328. The third kappa shape index (κ3) is 8.64. The van der Waals surface area contributed by atoms with Crippen molar-refractivity contribution in [1.29, 1.82) is 0 Å². The normalized spacial score (nSPS) is 19.8. The molecule has 0 amide bonds. The highest BCUT2D eigenvalue weighted by Crippen LogP contribution is 2.12. The molecule has 0 N–H and O–H groups in total. The van der Waals surface area contributed by atoms with E-state index in [9.17, 15) is 9.59 Å². The van der Waals surface area contributed by atoms with Crippen LogP contribution in [0, 0.1) is 11.8 Å². The standard InChI is InChI=1S/2C9H17NO2/c2*1-3-8(2)7-9(11)12-10-5-4-6-10/h2*8H,3-7H2,1-2H3/t8-;/m1./s1. The first kappa shape index (κ1) is 20.9. The largest absolute Gasteiger partial charge is 0.368 e. The summed E-state index contributed by atoms with van der Waals surface area (Å²) in [5.41, 5.74) is 0. The Labute approximate surface area is 146 Å². The molecule has 6 nitrogen and oxygen atoms in total. The van der Waals surface area contributed by atoms with E-state index in [1.807, 2.05) is 0 Å². The minimum atomic E-state index is -0.0796. The van der Waals surface area contributed by atoms with Crippen molar-refractivity contribution < 1.29 is 19.3 Å². The quantitative estimate of drug-likeness (QED) is 0.675. The van der Waals surface area contributed by atoms with Crippen molar-refractivity contribution in [3.63, 3.8) is 0 Å². The average Bonchev–Trinajstić information content (AvgIpc) is 2.47. The third-order valence-electron chi connectivity index (χ3n) is 4.52. The molecule has 140 valence electrons. The molecule has 24 heavy (non-hydrogen) atoms. The Balaban J connectivity index is 0.000000240. The number of hydroxylamine groups is 4. The maximum atomic E-state index is 11.2. The molecule has 2 atom stereocenters. The van der Waals surface area contributed by atoms with Gasteiger partial charge < -0.3 is 9.68 Å². The minimum Gasteiger partial charge on any atom is -0.368 e. The SMILES string of the molecule is CCC(C)CC(=O)ON1CCC1.CC[C@@H](C)CC(=O)ON1CCC1. The molecule has 2 heterocycles. The fourth-order valence-electron chi connectivity index (χ4n) is 1.98. The van der Waals surface area contributed by atoms with Crippen molar-refractivity contribution in [3.8, 4) is 0 Å². The lowest BCUT2D eigenvalue weighted by Gasteiger charge is -2.28. The monoisotopic (exact) mass is 342 g/mol. The third-order valence-corrected chi connectivity index (χ3v) is 4.52. The summed E-state index contributed by atoms with van der Waals surface area (Å²) in [4.78, 5) is 32.4. The molecule has 6 heteroatoms. The fourth-order valence-corrected chi connectivity index (χ4v) is 1.98. The maximum Gasteiger partial charge on any atom is 0.325 e. The molecule has 0 saturated carbocycles. The summed E-state index contributed by atoms with van der Waals surface area (Å²) >= 11 is 0. The number of carbonyl (C=O) groups excluding carboxylic acids is 2. The van der Waals surface area contributed by atoms with Crippen LogP contribution in [0.2, 0.25) is 0 Å². The molecule has 2 aliphatic rings. The number of rotatable bonds is 8. The highest BCUT2D eigenvalue weighted by molar-refractivity contribution is 5.69. The molecule has 0 aromatic rings. The minimum absolute atomic E-state index is 0.0796. The first-order valence-corrected chi connectivity index (χ1v) is 9.36. The summed E-state index contributed by atoms with van der Waals surface area (Å²) in [6, 6.07) is 0. The second-order valence-electron chi connectivity index (χ2n) is 6.93. The zero-order valence-electron chi connectivity index (χ0n) is 15.8. The molecule has 2 fully saturated rings. The molecular formula is C18H34N2O4. The van der Waals surface area contributed by atoms with E-state index >= 15 is 0 Å². The van der Waals surface area contributed by atoms with Crippen LogP contribution in [0.15, 0.2) is 0 Å². The van der Waals surface area contributed by atoms with Gasteiger partial charge in [-0.1, -0.05) is 40.5 Å². The van der Waals surface area contributed by atoms with E-state index in [2.05, 4.69) is 27.7 Å². The van der Waals surface area contributed by atoms with Crippen LogP contribution in [0.1, 0.15) is 66.2 Å². The van der Waals surface area contributed by atoms with Crippen molar-refractivity contribution >= 4 is 11.9 Å². The average molecular weight is 342 g/mol. The highest BCUT2D eigenvalue weighted by Gasteiger charge is 2.20. The number of hydrogen-bond donors (Lipinski definition) is 0. The van der Waals surface area contributed by atoms with Gasteiger partial charge in [0.2, 0.25) is 0 Å². The van der Waals surface area contributed by atoms with Crippen molar-refractivity contribution in [2.45, 2.75) is 66.2 Å². The first-order valence-electron chi connectivity index (χ1n) is 9.36. The lowest BCUT2D eigenvalue weighted by Crippen LogP contribution is -2.39. The van der Waals surface area contributed by atoms with Crippen LogP contribution in [0.5, 0.6) is 0 Å². The van der Waals surface area contributed by atoms with Crippen molar-refractivity contribution in [1.82, 2.24) is 10.1 Å². The maximum absolute atomic E-state index is 11.2. The van der Waals surface area contributed by atoms with Crippen LogP contribution in [0.3, 0.4) is 0 Å². The zero-order chi connectivity index (χ0) is 17.9. The summed E-state index contributed by atoms with van der Waals surface area (Å²) in [6.45, 7) is 11.9. The second-order valence-corrected chi connectivity index (χ2v) is 6.93. The Morgan fingerprint density at radius 1 is 0.792 bits per heavy atom. The lowest BCUT2D eigenvalue weighted by molar-refractivity contribution is -0.209. The van der Waals surface area contributed by atoms with Crippen molar-refractivity contribution in [3.05, 3.63) is 0 Å². The van der Waals surface area contributed by atoms with Crippen LogP contribution >= 0.6 is 0 Å². The van der Waals surface area contributed by atoms with Gasteiger partial charge in [0.1, 0.15) is 0 Å². The van der Waals surface area contributed by atoms with Gasteiger partial charge in [-0.2, -0.15) is 0 Å². The van der Waals surface area contributed by atoms with Crippen LogP contribution in [0.4, 0.5) is 0 Å². The number of carbonyl (C=O) groups is 2. The van der Waals surface area contributed by atoms with Gasteiger partial charge in [0, 0.05) is 39.0 Å².